The normalized spacial score (nSPS) is 14.7. The van der Waals surface area contributed by atoms with Crippen LogP contribution in [0.15, 0.2) is 24.3 Å². The van der Waals surface area contributed by atoms with E-state index in [1.807, 2.05) is 24.3 Å². The number of unbranched alkanes of at least 4 members (excludes halogenated alkanes) is 4. The number of amides is 1. The number of hydrogen-bond acceptors (Lipinski definition) is 4. The minimum absolute atomic E-state index is 0.328. The molecular weight excluding hydrogens is 340 g/mol. The van der Waals surface area contributed by atoms with Gasteiger partial charge in [-0.05, 0) is 44.5 Å². The van der Waals surface area contributed by atoms with Crippen molar-refractivity contribution in [3.63, 3.8) is 0 Å². The Bertz CT molecular complexity index is 544. The molecule has 0 N–H and O–H groups in total. The Morgan fingerprint density at radius 3 is 2.56 bits per heavy atom. The van der Waals surface area contributed by atoms with E-state index < -0.39 is 0 Å². The number of carbonyl (C=O) groups is 1. The van der Waals surface area contributed by atoms with Crippen molar-refractivity contribution < 1.29 is 14.3 Å². The van der Waals surface area contributed by atoms with Gasteiger partial charge in [0.15, 0.2) is 0 Å². The largest absolute Gasteiger partial charge is 0.491 e. The van der Waals surface area contributed by atoms with Crippen molar-refractivity contribution in [1.29, 1.82) is 0 Å². The third-order valence-corrected chi connectivity index (χ3v) is 5.09. The van der Waals surface area contributed by atoms with Gasteiger partial charge in [0.25, 0.3) is 0 Å². The maximum absolute atomic E-state index is 12.4. The Morgan fingerprint density at radius 2 is 1.78 bits per heavy atom. The molecule has 1 fully saturated rings. The van der Waals surface area contributed by atoms with Crippen molar-refractivity contribution in [2.45, 2.75) is 58.3 Å². The average molecular weight is 377 g/mol. The summed E-state index contributed by atoms with van der Waals surface area (Å²) in [4.78, 5) is 16.3. The van der Waals surface area contributed by atoms with Crippen LogP contribution >= 0.6 is 0 Å². The molecule has 5 heteroatoms. The van der Waals surface area contributed by atoms with Crippen molar-refractivity contribution in [3.8, 4) is 5.75 Å². The van der Waals surface area contributed by atoms with Crippen LogP contribution in [0, 0.1) is 0 Å². The highest BCUT2D eigenvalue weighted by molar-refractivity contribution is 5.88. The van der Waals surface area contributed by atoms with Crippen LogP contribution in [-0.2, 0) is 4.74 Å². The van der Waals surface area contributed by atoms with Crippen LogP contribution in [0.25, 0.3) is 0 Å². The fraction of sp³-hybridized carbons (Fsp3) is 0.682. The second-order valence-corrected chi connectivity index (χ2v) is 7.31. The summed E-state index contributed by atoms with van der Waals surface area (Å²) < 4.78 is 11.4. The molecule has 1 aromatic carbocycles. The van der Waals surface area contributed by atoms with Crippen LogP contribution in [0.1, 0.15) is 58.3 Å². The van der Waals surface area contributed by atoms with Gasteiger partial charge in [0.1, 0.15) is 12.4 Å². The lowest BCUT2D eigenvalue weighted by molar-refractivity contribution is 0.127. The Labute approximate surface area is 164 Å². The number of piperidine rings is 1. The summed E-state index contributed by atoms with van der Waals surface area (Å²) in [5.41, 5.74) is 0.758. The predicted octanol–water partition coefficient (Wildman–Crippen LogP) is 5.09. The zero-order chi connectivity index (χ0) is 19.3. The second-order valence-electron chi connectivity index (χ2n) is 7.31. The van der Waals surface area contributed by atoms with Crippen molar-refractivity contribution in [2.24, 2.45) is 0 Å². The number of likely N-dealkylation sites (tertiary alicyclic amines) is 1. The smallest absolute Gasteiger partial charge is 0.414 e. The summed E-state index contributed by atoms with van der Waals surface area (Å²) >= 11 is 0. The topological polar surface area (TPSA) is 42.0 Å². The minimum atomic E-state index is -0.328. The van der Waals surface area contributed by atoms with Crippen LogP contribution < -0.4 is 9.64 Å². The first-order valence-electron chi connectivity index (χ1n) is 10.6. The summed E-state index contributed by atoms with van der Waals surface area (Å²) in [5.74, 6) is 0.739. The highest BCUT2D eigenvalue weighted by Crippen LogP contribution is 2.27. The van der Waals surface area contributed by atoms with Crippen molar-refractivity contribution in [1.82, 2.24) is 4.90 Å². The molecule has 0 aromatic heterocycles. The maximum Gasteiger partial charge on any atom is 0.414 e. The van der Waals surface area contributed by atoms with Gasteiger partial charge in [-0.15, -0.1) is 0 Å². The monoisotopic (exact) mass is 376 g/mol. The SMILES string of the molecule is CCCCCCCOc1ccccc1N(C)C(=O)OCCN1CCCCC1. The van der Waals surface area contributed by atoms with E-state index in [0.717, 1.165) is 37.5 Å². The number of anilines is 1. The van der Waals surface area contributed by atoms with Gasteiger partial charge in [0.2, 0.25) is 0 Å². The minimum Gasteiger partial charge on any atom is -0.491 e. The van der Waals surface area contributed by atoms with Gasteiger partial charge in [-0.3, -0.25) is 9.80 Å². The number of para-hydroxylation sites is 2. The molecule has 0 saturated carbocycles. The summed E-state index contributed by atoms with van der Waals surface area (Å²) in [6, 6.07) is 7.67. The van der Waals surface area contributed by atoms with Gasteiger partial charge in [0, 0.05) is 13.6 Å². The van der Waals surface area contributed by atoms with Gasteiger partial charge in [-0.2, -0.15) is 0 Å². The molecule has 5 nitrogen and oxygen atoms in total. The lowest BCUT2D eigenvalue weighted by Crippen LogP contribution is -2.35. The number of ether oxygens (including phenoxy) is 2. The van der Waals surface area contributed by atoms with E-state index >= 15 is 0 Å². The van der Waals surface area contributed by atoms with Crippen LogP contribution in [0.3, 0.4) is 0 Å². The van der Waals surface area contributed by atoms with Gasteiger partial charge < -0.3 is 9.47 Å². The molecule has 27 heavy (non-hydrogen) atoms. The fourth-order valence-electron chi connectivity index (χ4n) is 3.38. The number of hydrogen-bond donors (Lipinski definition) is 0. The summed E-state index contributed by atoms with van der Waals surface area (Å²) in [7, 11) is 1.74. The fourth-order valence-corrected chi connectivity index (χ4v) is 3.38. The molecule has 1 heterocycles. The van der Waals surface area contributed by atoms with Crippen LogP contribution in [-0.4, -0.2) is 50.9 Å². The van der Waals surface area contributed by atoms with E-state index in [0.29, 0.717) is 13.2 Å². The van der Waals surface area contributed by atoms with Gasteiger partial charge in [-0.25, -0.2) is 4.79 Å². The van der Waals surface area contributed by atoms with E-state index in [2.05, 4.69) is 11.8 Å². The molecule has 1 aromatic rings. The molecule has 1 aliphatic heterocycles. The average Bonchev–Trinajstić information content (AvgIpc) is 2.71. The second kappa shape index (κ2) is 12.6. The summed E-state index contributed by atoms with van der Waals surface area (Å²) in [6.07, 6.45) is 9.48. The first-order chi connectivity index (χ1) is 13.2. The number of nitrogens with zero attached hydrogens (tertiary/aromatic N) is 2. The molecule has 0 spiro atoms. The highest BCUT2D eigenvalue weighted by Gasteiger charge is 2.17. The van der Waals surface area contributed by atoms with Crippen LogP contribution in [0.5, 0.6) is 5.75 Å². The Kier molecular flexibility index (Phi) is 10.1. The molecule has 1 amide bonds. The predicted molar refractivity (Wildman–Crippen MR) is 111 cm³/mol. The highest BCUT2D eigenvalue weighted by atomic mass is 16.6. The molecule has 0 atom stereocenters. The van der Waals surface area contributed by atoms with Crippen LogP contribution in [0.2, 0.25) is 0 Å². The van der Waals surface area contributed by atoms with Gasteiger partial charge >= 0.3 is 6.09 Å². The molecule has 1 aliphatic rings. The van der Waals surface area contributed by atoms with Gasteiger partial charge in [-0.1, -0.05) is 51.2 Å². The number of carbonyl (C=O) groups excluding carboxylic acids is 1. The number of benzene rings is 1. The van der Waals surface area contributed by atoms with Gasteiger partial charge in [0.05, 0.1) is 12.3 Å². The standard InChI is InChI=1S/C22H36N2O3/c1-3-4-5-6-12-18-26-21-14-9-8-13-20(21)23(2)22(25)27-19-17-24-15-10-7-11-16-24/h8-9,13-14H,3-7,10-12,15-19H2,1-2H3. The first kappa shape index (κ1) is 21.5. The van der Waals surface area contributed by atoms with E-state index in [1.165, 1.54) is 44.9 Å². The van der Waals surface area contributed by atoms with Crippen molar-refractivity contribution in [2.75, 3.05) is 44.8 Å². The molecule has 1 saturated heterocycles. The van der Waals surface area contributed by atoms with E-state index in [1.54, 1.807) is 11.9 Å². The molecule has 2 rings (SSSR count). The zero-order valence-electron chi connectivity index (χ0n) is 17.1. The lowest BCUT2D eigenvalue weighted by Gasteiger charge is -2.26. The van der Waals surface area contributed by atoms with Crippen molar-refractivity contribution >= 4 is 11.8 Å². The third kappa shape index (κ3) is 7.79. The molecule has 152 valence electrons. The van der Waals surface area contributed by atoms with Crippen LogP contribution in [0.4, 0.5) is 10.5 Å². The Balaban J connectivity index is 1.76. The zero-order valence-corrected chi connectivity index (χ0v) is 17.1. The molecular formula is C22H36N2O3. The van der Waals surface area contributed by atoms with E-state index in [9.17, 15) is 4.79 Å². The molecule has 0 bridgehead atoms. The summed E-state index contributed by atoms with van der Waals surface area (Å²) in [6.45, 7) is 6.37. The molecule has 0 aliphatic carbocycles. The Hall–Kier alpha value is -1.75. The number of rotatable bonds is 11. The van der Waals surface area contributed by atoms with E-state index in [-0.39, 0.29) is 6.09 Å². The van der Waals surface area contributed by atoms with E-state index in [4.69, 9.17) is 9.47 Å². The first-order valence-corrected chi connectivity index (χ1v) is 10.6. The third-order valence-electron chi connectivity index (χ3n) is 5.09. The van der Waals surface area contributed by atoms with Crippen molar-refractivity contribution in [3.05, 3.63) is 24.3 Å². The molecule has 0 radical (unpaired) electrons. The Morgan fingerprint density at radius 1 is 1.04 bits per heavy atom. The molecule has 0 unspecified atom stereocenters. The maximum atomic E-state index is 12.4. The quantitative estimate of drug-likeness (QED) is 0.504. The lowest BCUT2D eigenvalue weighted by atomic mass is 10.1. The summed E-state index contributed by atoms with van der Waals surface area (Å²) in [5, 5.41) is 0.